The summed E-state index contributed by atoms with van der Waals surface area (Å²) < 4.78 is 32.9. The van der Waals surface area contributed by atoms with Crippen LogP contribution in [0.15, 0.2) is 47.4 Å². The number of carbonyl (C=O) groups is 1. The van der Waals surface area contributed by atoms with E-state index in [9.17, 15) is 13.2 Å². The number of hydrogen-bond acceptors (Lipinski definition) is 4. The average molecular weight is 388 g/mol. The summed E-state index contributed by atoms with van der Waals surface area (Å²) in [6, 6.07) is 12.2. The van der Waals surface area contributed by atoms with Gasteiger partial charge >= 0.3 is 0 Å². The van der Waals surface area contributed by atoms with Gasteiger partial charge in [-0.3, -0.25) is 9.52 Å². The van der Waals surface area contributed by atoms with E-state index >= 15 is 0 Å². The van der Waals surface area contributed by atoms with E-state index in [1.165, 1.54) is 7.11 Å². The Kier molecular flexibility index (Phi) is 5.53. The molecule has 6 nitrogen and oxygen atoms in total. The molecule has 27 heavy (non-hydrogen) atoms. The molecule has 1 aliphatic rings. The molecule has 0 aromatic heterocycles. The highest BCUT2D eigenvalue weighted by Gasteiger charge is 2.25. The van der Waals surface area contributed by atoms with Crippen LogP contribution in [0.2, 0.25) is 0 Å². The Morgan fingerprint density at radius 1 is 1.19 bits per heavy atom. The largest absolute Gasteiger partial charge is 0.375 e. The number of amides is 1. The topological polar surface area (TPSA) is 75.7 Å². The Hall–Kier alpha value is -2.38. The van der Waals surface area contributed by atoms with Gasteiger partial charge in [0.2, 0.25) is 0 Å². The normalized spacial score (nSPS) is 13.7. The molecule has 0 radical (unpaired) electrons. The first kappa shape index (κ1) is 19.4. The molecule has 3 rings (SSSR count). The maximum Gasteiger partial charge on any atom is 0.261 e. The zero-order chi connectivity index (χ0) is 19.6. The van der Waals surface area contributed by atoms with Gasteiger partial charge in [0, 0.05) is 19.3 Å². The molecule has 7 heteroatoms. The SMILES string of the molecule is COCC(=O)N1CCc2ccc(NS(=O)(=O)c3ccc(C(C)C)cc3)cc21. The highest BCUT2D eigenvalue weighted by Crippen LogP contribution is 2.32. The van der Waals surface area contributed by atoms with Crippen molar-refractivity contribution in [2.45, 2.75) is 31.1 Å². The zero-order valence-corrected chi connectivity index (χ0v) is 16.5. The molecule has 0 aliphatic carbocycles. The zero-order valence-electron chi connectivity index (χ0n) is 15.7. The highest BCUT2D eigenvalue weighted by molar-refractivity contribution is 7.92. The van der Waals surface area contributed by atoms with Crippen LogP contribution in [0.25, 0.3) is 0 Å². The number of hydrogen-bond donors (Lipinski definition) is 1. The number of rotatable bonds is 6. The quantitative estimate of drug-likeness (QED) is 0.825. The number of sulfonamides is 1. The van der Waals surface area contributed by atoms with E-state index in [-0.39, 0.29) is 17.4 Å². The van der Waals surface area contributed by atoms with Gasteiger partial charge in [0.15, 0.2) is 0 Å². The van der Waals surface area contributed by atoms with Crippen molar-refractivity contribution in [2.75, 3.05) is 29.9 Å². The summed E-state index contributed by atoms with van der Waals surface area (Å²) in [5, 5.41) is 0. The summed E-state index contributed by atoms with van der Waals surface area (Å²) in [6.07, 6.45) is 0.745. The number of benzene rings is 2. The standard InChI is InChI=1S/C20H24N2O4S/c1-14(2)15-5-8-18(9-6-15)27(24,25)21-17-7-4-16-10-11-22(19(16)12-17)20(23)13-26-3/h4-9,12,14,21H,10-11,13H2,1-3H3. The fourth-order valence-electron chi connectivity index (χ4n) is 3.15. The molecule has 0 bridgehead atoms. The van der Waals surface area contributed by atoms with Crippen molar-refractivity contribution in [3.63, 3.8) is 0 Å². The molecule has 0 unspecified atom stereocenters. The van der Waals surface area contributed by atoms with Crippen LogP contribution in [-0.2, 0) is 26.0 Å². The highest BCUT2D eigenvalue weighted by atomic mass is 32.2. The van der Waals surface area contributed by atoms with Crippen molar-refractivity contribution in [3.8, 4) is 0 Å². The van der Waals surface area contributed by atoms with Crippen LogP contribution in [0.5, 0.6) is 0 Å². The smallest absolute Gasteiger partial charge is 0.261 e. The van der Waals surface area contributed by atoms with Gasteiger partial charge in [0.1, 0.15) is 6.61 Å². The van der Waals surface area contributed by atoms with E-state index in [0.29, 0.717) is 18.2 Å². The fraction of sp³-hybridized carbons (Fsp3) is 0.350. The number of ether oxygens (including phenoxy) is 1. The number of methoxy groups -OCH3 is 1. The van der Waals surface area contributed by atoms with E-state index in [0.717, 1.165) is 23.2 Å². The van der Waals surface area contributed by atoms with Gasteiger partial charge in [0.05, 0.1) is 10.6 Å². The minimum atomic E-state index is -3.70. The van der Waals surface area contributed by atoms with Crippen LogP contribution in [0.4, 0.5) is 11.4 Å². The van der Waals surface area contributed by atoms with Crippen molar-refractivity contribution in [1.29, 1.82) is 0 Å². The number of fused-ring (bicyclic) bond motifs is 1. The third kappa shape index (κ3) is 4.14. The van der Waals surface area contributed by atoms with Gasteiger partial charge in [-0.25, -0.2) is 8.42 Å². The molecule has 0 atom stereocenters. The summed E-state index contributed by atoms with van der Waals surface area (Å²) in [7, 11) is -2.22. The molecule has 0 fully saturated rings. The lowest BCUT2D eigenvalue weighted by Crippen LogP contribution is -2.32. The maximum atomic E-state index is 12.7. The van der Waals surface area contributed by atoms with Crippen molar-refractivity contribution >= 4 is 27.3 Å². The lowest BCUT2D eigenvalue weighted by molar-refractivity contribution is -0.122. The number of nitrogens with zero attached hydrogens (tertiary/aromatic N) is 1. The van der Waals surface area contributed by atoms with Gasteiger partial charge in [0.25, 0.3) is 15.9 Å². The minimum absolute atomic E-state index is 0.00239. The first-order chi connectivity index (χ1) is 12.8. The minimum Gasteiger partial charge on any atom is -0.375 e. The van der Waals surface area contributed by atoms with Crippen molar-refractivity contribution in [2.24, 2.45) is 0 Å². The Bertz CT molecular complexity index is 937. The molecular weight excluding hydrogens is 364 g/mol. The van der Waals surface area contributed by atoms with Gasteiger partial charge in [-0.2, -0.15) is 0 Å². The molecule has 0 spiro atoms. The van der Waals surface area contributed by atoms with E-state index in [1.807, 2.05) is 18.2 Å². The second-order valence-corrected chi connectivity index (χ2v) is 8.58. The fourth-order valence-corrected chi connectivity index (χ4v) is 4.20. The van der Waals surface area contributed by atoms with Crippen LogP contribution in [-0.4, -0.2) is 34.6 Å². The second-order valence-electron chi connectivity index (χ2n) is 6.90. The van der Waals surface area contributed by atoms with Crippen molar-refractivity contribution < 1.29 is 17.9 Å². The van der Waals surface area contributed by atoms with E-state index in [1.54, 1.807) is 29.2 Å². The Morgan fingerprint density at radius 2 is 1.89 bits per heavy atom. The average Bonchev–Trinajstić information content (AvgIpc) is 3.05. The first-order valence-corrected chi connectivity index (χ1v) is 10.3. The van der Waals surface area contributed by atoms with Crippen LogP contribution < -0.4 is 9.62 Å². The van der Waals surface area contributed by atoms with E-state index < -0.39 is 10.0 Å². The van der Waals surface area contributed by atoms with Gasteiger partial charge in [-0.1, -0.05) is 32.0 Å². The third-order valence-electron chi connectivity index (χ3n) is 4.66. The van der Waals surface area contributed by atoms with E-state index in [2.05, 4.69) is 18.6 Å². The van der Waals surface area contributed by atoms with Gasteiger partial charge < -0.3 is 9.64 Å². The number of nitrogens with one attached hydrogen (secondary N) is 1. The van der Waals surface area contributed by atoms with E-state index in [4.69, 9.17) is 4.74 Å². The maximum absolute atomic E-state index is 12.7. The molecular formula is C20H24N2O4S. The van der Waals surface area contributed by atoms with Crippen LogP contribution >= 0.6 is 0 Å². The van der Waals surface area contributed by atoms with Crippen LogP contribution in [0.3, 0.4) is 0 Å². The third-order valence-corrected chi connectivity index (χ3v) is 6.06. The van der Waals surface area contributed by atoms with Crippen LogP contribution in [0.1, 0.15) is 30.9 Å². The molecule has 144 valence electrons. The number of carbonyl (C=O) groups excluding carboxylic acids is 1. The summed E-state index contributed by atoms with van der Waals surface area (Å²) in [5.74, 6) is 0.197. The summed E-state index contributed by atoms with van der Waals surface area (Å²) in [6.45, 7) is 4.69. The molecule has 1 N–H and O–H groups in total. The second kappa shape index (κ2) is 7.70. The molecule has 2 aromatic carbocycles. The molecule has 1 amide bonds. The Morgan fingerprint density at radius 3 is 2.52 bits per heavy atom. The monoisotopic (exact) mass is 388 g/mol. The summed E-state index contributed by atoms with van der Waals surface area (Å²) in [5.41, 5.74) is 3.26. The number of anilines is 2. The predicted octanol–water partition coefficient (Wildman–Crippen LogP) is 3.15. The van der Waals surface area contributed by atoms with Crippen molar-refractivity contribution in [3.05, 3.63) is 53.6 Å². The van der Waals surface area contributed by atoms with Gasteiger partial charge in [-0.15, -0.1) is 0 Å². The lowest BCUT2D eigenvalue weighted by atomic mass is 10.0. The molecule has 0 saturated carbocycles. The van der Waals surface area contributed by atoms with Crippen LogP contribution in [0, 0.1) is 0 Å². The lowest BCUT2D eigenvalue weighted by Gasteiger charge is -2.18. The Balaban J connectivity index is 1.83. The molecule has 0 saturated heterocycles. The summed E-state index contributed by atoms with van der Waals surface area (Å²) >= 11 is 0. The van der Waals surface area contributed by atoms with Gasteiger partial charge in [-0.05, 0) is 47.7 Å². The Labute approximate surface area is 160 Å². The predicted molar refractivity (Wildman–Crippen MR) is 106 cm³/mol. The first-order valence-electron chi connectivity index (χ1n) is 8.87. The van der Waals surface area contributed by atoms with Crippen molar-refractivity contribution in [1.82, 2.24) is 0 Å². The molecule has 1 heterocycles. The molecule has 2 aromatic rings. The summed E-state index contributed by atoms with van der Waals surface area (Å²) in [4.78, 5) is 14.0. The molecule has 1 aliphatic heterocycles.